The van der Waals surface area contributed by atoms with Crippen molar-refractivity contribution in [3.63, 3.8) is 0 Å². The van der Waals surface area contributed by atoms with E-state index in [0.717, 1.165) is 57.8 Å². The Labute approximate surface area is 562 Å². The minimum atomic E-state index is -1.98. The Morgan fingerprint density at radius 2 is 0.677 bits per heavy atom. The quantitative estimate of drug-likeness (QED) is 0.0199. The first-order valence-electron chi connectivity index (χ1n) is 38.1. The zero-order valence-corrected chi connectivity index (χ0v) is 58.3. The first kappa shape index (κ1) is 85.5. The summed E-state index contributed by atoms with van der Waals surface area (Å²) in [5.41, 5.74) is 0. The minimum Gasteiger partial charge on any atom is -0.394 e. The molecular weight excluding hydrogens is 1190 g/mol. The van der Waals surface area contributed by atoms with E-state index < -0.39 is 124 Å². The standard InChI is InChI=1S/C74H139NO18/c1-3-5-7-9-11-13-15-17-19-21-22-23-24-25-26-27-28-29-30-31-32-33-34-36-37-39-41-43-45-47-49-51-58(79)57(75-62(80)52-50-48-46-44-42-40-38-35-20-18-16-14-12-10-8-6-4-2)56-88-72-68(86)65(83)70(60(54-77)90-72)93-74-69(87)66(84)71(61(55-78)91-74)92-73-67(85)64(82)63(81)59(53-76)89-73/h18,20,49,51,57-61,63-74,76-79,81-87H,3-17,19,21-48,50,52-56H2,1-2H3,(H,75,80)/b20-18-,51-49+. The maximum atomic E-state index is 13.4. The van der Waals surface area contributed by atoms with Gasteiger partial charge < -0.3 is 89.9 Å². The molecule has 0 aliphatic carbocycles. The number of hydrogen-bond donors (Lipinski definition) is 12. The Bertz CT molecular complexity index is 1780. The van der Waals surface area contributed by atoms with Gasteiger partial charge in [0.05, 0.1) is 38.6 Å². The molecule has 3 fully saturated rings. The molecule has 548 valence electrons. The number of aliphatic hydroxyl groups is 11. The third-order valence-electron chi connectivity index (χ3n) is 19.2. The molecule has 0 aromatic heterocycles. The summed E-state index contributed by atoms with van der Waals surface area (Å²) in [6.07, 6.45) is 38.8. The van der Waals surface area contributed by atoms with Crippen LogP contribution in [0.15, 0.2) is 24.3 Å². The lowest BCUT2D eigenvalue weighted by atomic mass is 9.96. The maximum Gasteiger partial charge on any atom is 0.220 e. The van der Waals surface area contributed by atoms with E-state index >= 15 is 0 Å². The molecule has 93 heavy (non-hydrogen) atoms. The predicted molar refractivity (Wildman–Crippen MR) is 365 cm³/mol. The number of carbonyl (C=O) groups is 1. The molecule has 1 amide bonds. The Kier molecular flexibility index (Phi) is 51.5. The summed E-state index contributed by atoms with van der Waals surface area (Å²) in [7, 11) is 0. The molecule has 0 radical (unpaired) electrons. The zero-order chi connectivity index (χ0) is 67.5. The highest BCUT2D eigenvalue weighted by molar-refractivity contribution is 5.76. The number of ether oxygens (including phenoxy) is 6. The molecule has 0 aromatic rings. The Morgan fingerprint density at radius 1 is 0.376 bits per heavy atom. The second kappa shape index (κ2) is 56.1. The molecule has 0 spiro atoms. The third kappa shape index (κ3) is 37.3. The van der Waals surface area contributed by atoms with Crippen molar-refractivity contribution in [1.29, 1.82) is 0 Å². The smallest absolute Gasteiger partial charge is 0.220 e. The van der Waals surface area contributed by atoms with Gasteiger partial charge in [0, 0.05) is 6.42 Å². The second-order valence-electron chi connectivity index (χ2n) is 27.5. The number of nitrogens with one attached hydrogen (secondary N) is 1. The van der Waals surface area contributed by atoms with Crippen molar-refractivity contribution in [2.75, 3.05) is 26.4 Å². The van der Waals surface area contributed by atoms with Crippen molar-refractivity contribution in [1.82, 2.24) is 5.32 Å². The molecule has 0 bridgehead atoms. The average molecular weight is 1330 g/mol. The van der Waals surface area contributed by atoms with Gasteiger partial charge in [-0.05, 0) is 44.9 Å². The Morgan fingerprint density at radius 3 is 1.04 bits per heavy atom. The van der Waals surface area contributed by atoms with Crippen LogP contribution in [0.1, 0.15) is 309 Å². The molecule has 3 rings (SSSR count). The SMILES string of the molecule is CCCCCCCC/C=C\CCCCCCCCCC(=O)NC(COC1OC(CO)C(OC2OC(CO)C(OC3OC(CO)C(O)C(O)C3O)C(O)C2O)C(O)C1O)C(O)/C=C/CCCCCCCCCCCCCCCCCCCCCCCCCCCCCCC. The Balaban J connectivity index is 1.38. The summed E-state index contributed by atoms with van der Waals surface area (Å²) in [5.74, 6) is -0.276. The van der Waals surface area contributed by atoms with Gasteiger partial charge in [-0.15, -0.1) is 0 Å². The molecule has 19 heteroatoms. The average Bonchev–Trinajstić information content (AvgIpc) is 0.815. The topological polar surface area (TPSA) is 307 Å². The summed E-state index contributed by atoms with van der Waals surface area (Å²) in [6, 6.07) is -0.975. The molecule has 0 saturated carbocycles. The van der Waals surface area contributed by atoms with Crippen LogP contribution in [0.4, 0.5) is 0 Å². The van der Waals surface area contributed by atoms with Crippen LogP contribution in [0.5, 0.6) is 0 Å². The van der Waals surface area contributed by atoms with Crippen molar-refractivity contribution in [2.45, 2.75) is 413 Å². The van der Waals surface area contributed by atoms with E-state index in [1.165, 1.54) is 225 Å². The van der Waals surface area contributed by atoms with Gasteiger partial charge in [0.15, 0.2) is 18.9 Å². The predicted octanol–water partition coefficient (Wildman–Crippen LogP) is 11.4. The number of carbonyl (C=O) groups excluding carboxylic acids is 1. The Hall–Kier alpha value is -1.73. The lowest BCUT2D eigenvalue weighted by Gasteiger charge is -2.48. The number of hydrogen-bond acceptors (Lipinski definition) is 18. The molecule has 17 unspecified atom stereocenters. The maximum absolute atomic E-state index is 13.4. The molecule has 12 N–H and O–H groups in total. The van der Waals surface area contributed by atoms with Crippen LogP contribution in [-0.4, -0.2) is 193 Å². The van der Waals surface area contributed by atoms with E-state index in [2.05, 4.69) is 31.3 Å². The summed E-state index contributed by atoms with van der Waals surface area (Å²) in [6.45, 7) is 1.76. The van der Waals surface area contributed by atoms with Crippen LogP contribution in [-0.2, 0) is 33.2 Å². The van der Waals surface area contributed by atoms with E-state index in [-0.39, 0.29) is 18.9 Å². The molecule has 17 atom stereocenters. The van der Waals surface area contributed by atoms with Crippen LogP contribution in [0.25, 0.3) is 0 Å². The van der Waals surface area contributed by atoms with E-state index in [4.69, 9.17) is 28.4 Å². The molecule has 0 aromatic carbocycles. The normalized spacial score (nSPS) is 27.6. The van der Waals surface area contributed by atoms with Gasteiger partial charge in [-0.25, -0.2) is 0 Å². The van der Waals surface area contributed by atoms with E-state index in [1.807, 2.05) is 6.08 Å². The molecule has 3 aliphatic heterocycles. The lowest BCUT2D eigenvalue weighted by molar-refractivity contribution is -0.379. The van der Waals surface area contributed by atoms with Crippen molar-refractivity contribution in [2.24, 2.45) is 0 Å². The van der Waals surface area contributed by atoms with Crippen molar-refractivity contribution in [3.05, 3.63) is 24.3 Å². The molecule has 3 aliphatic rings. The second-order valence-corrected chi connectivity index (χ2v) is 27.5. The number of unbranched alkanes of at least 4 members (excludes halogenated alkanes) is 42. The summed E-state index contributed by atoms with van der Waals surface area (Å²) in [5, 5.41) is 121. The highest BCUT2D eigenvalue weighted by atomic mass is 16.8. The van der Waals surface area contributed by atoms with Crippen molar-refractivity contribution >= 4 is 5.91 Å². The largest absolute Gasteiger partial charge is 0.394 e. The number of rotatable bonds is 60. The molecule has 19 nitrogen and oxygen atoms in total. The van der Waals surface area contributed by atoms with Crippen LogP contribution < -0.4 is 5.32 Å². The number of amides is 1. The summed E-state index contributed by atoms with van der Waals surface area (Å²) < 4.78 is 34.4. The van der Waals surface area contributed by atoms with Gasteiger partial charge >= 0.3 is 0 Å². The van der Waals surface area contributed by atoms with Gasteiger partial charge in [-0.2, -0.15) is 0 Å². The van der Waals surface area contributed by atoms with E-state index in [1.54, 1.807) is 6.08 Å². The van der Waals surface area contributed by atoms with Gasteiger partial charge in [0.1, 0.15) is 73.2 Å². The highest BCUT2D eigenvalue weighted by Gasteiger charge is 2.53. The molecule has 3 saturated heterocycles. The van der Waals surface area contributed by atoms with Crippen LogP contribution in [0.3, 0.4) is 0 Å². The minimum absolute atomic E-state index is 0.240. The van der Waals surface area contributed by atoms with Gasteiger partial charge in [-0.3, -0.25) is 4.79 Å². The number of aliphatic hydroxyl groups excluding tert-OH is 11. The van der Waals surface area contributed by atoms with Crippen LogP contribution in [0.2, 0.25) is 0 Å². The van der Waals surface area contributed by atoms with E-state index in [0.29, 0.717) is 6.42 Å². The first-order chi connectivity index (χ1) is 45.3. The first-order valence-corrected chi connectivity index (χ1v) is 38.1. The lowest BCUT2D eigenvalue weighted by Crippen LogP contribution is -2.66. The fraction of sp³-hybridized carbons (Fsp3) is 0.932. The van der Waals surface area contributed by atoms with Crippen molar-refractivity contribution < 1.29 is 89.4 Å². The third-order valence-corrected chi connectivity index (χ3v) is 19.2. The van der Waals surface area contributed by atoms with Gasteiger partial charge in [0.25, 0.3) is 0 Å². The fourth-order valence-corrected chi connectivity index (χ4v) is 13.1. The summed E-state index contributed by atoms with van der Waals surface area (Å²) in [4.78, 5) is 13.4. The zero-order valence-electron chi connectivity index (χ0n) is 58.3. The van der Waals surface area contributed by atoms with Gasteiger partial charge in [-0.1, -0.05) is 282 Å². The van der Waals surface area contributed by atoms with Crippen LogP contribution >= 0.6 is 0 Å². The molecular formula is C74H139NO18. The molecule has 3 heterocycles. The fourth-order valence-electron chi connectivity index (χ4n) is 13.1. The number of allylic oxidation sites excluding steroid dienone is 3. The van der Waals surface area contributed by atoms with Crippen molar-refractivity contribution in [3.8, 4) is 0 Å². The van der Waals surface area contributed by atoms with Gasteiger partial charge in [0.2, 0.25) is 5.91 Å². The summed E-state index contributed by atoms with van der Waals surface area (Å²) >= 11 is 0. The van der Waals surface area contributed by atoms with Crippen LogP contribution in [0, 0.1) is 0 Å². The highest BCUT2D eigenvalue weighted by Crippen LogP contribution is 2.33. The van der Waals surface area contributed by atoms with E-state index in [9.17, 15) is 61.0 Å². The monoisotopic (exact) mass is 1330 g/mol.